The molecule has 0 heterocycles. The first-order valence-electron chi connectivity index (χ1n) is 3.96. The second-order valence-corrected chi connectivity index (χ2v) is 3.19. The van der Waals surface area contributed by atoms with Gasteiger partial charge in [-0.05, 0) is 6.92 Å². The van der Waals surface area contributed by atoms with Crippen molar-refractivity contribution in [1.82, 2.24) is 5.32 Å². The van der Waals surface area contributed by atoms with Crippen LogP contribution in [-0.2, 0) is 4.74 Å². The molecule has 0 aliphatic rings. The van der Waals surface area contributed by atoms with Crippen LogP contribution in [0, 0.1) is 0 Å². The van der Waals surface area contributed by atoms with E-state index in [2.05, 4.69) is 4.74 Å². The van der Waals surface area contributed by atoms with Gasteiger partial charge < -0.3 is 20.3 Å². The molecule has 0 rings (SSSR count). The molecule has 0 unspecified atom stereocenters. The lowest BCUT2D eigenvalue weighted by Crippen LogP contribution is -2.52. The topological polar surface area (TPSA) is 78.8 Å². The van der Waals surface area contributed by atoms with Crippen molar-refractivity contribution in [1.29, 1.82) is 0 Å². The molecular weight excluding hydrogens is 219 g/mol. The lowest BCUT2D eigenvalue weighted by molar-refractivity contribution is -0.160. The Hall–Kier alpha value is -1.02. The van der Waals surface area contributed by atoms with Crippen molar-refractivity contribution in [2.24, 2.45) is 0 Å². The number of aliphatic hydroxyl groups excluding tert-OH is 2. The van der Waals surface area contributed by atoms with Crippen molar-refractivity contribution in [3.8, 4) is 0 Å². The molecule has 0 atom stereocenters. The smallest absolute Gasteiger partial charge is 0.422 e. The molecule has 90 valence electrons. The fraction of sp³-hybridized carbons (Fsp3) is 0.857. The number of nitrogens with one attached hydrogen (secondary N) is 1. The molecule has 8 heteroatoms. The molecule has 0 aliphatic carbocycles. The van der Waals surface area contributed by atoms with Gasteiger partial charge in [-0.1, -0.05) is 0 Å². The molecule has 0 saturated carbocycles. The van der Waals surface area contributed by atoms with Crippen molar-refractivity contribution in [2.75, 3.05) is 19.8 Å². The van der Waals surface area contributed by atoms with Crippen molar-refractivity contribution in [3.63, 3.8) is 0 Å². The highest BCUT2D eigenvalue weighted by Gasteiger charge is 2.31. The number of alkyl halides is 3. The van der Waals surface area contributed by atoms with Crippen LogP contribution >= 0.6 is 0 Å². The lowest BCUT2D eigenvalue weighted by atomic mass is 10.1. The Bertz CT molecular complexity index is 215. The minimum atomic E-state index is -4.60. The summed E-state index contributed by atoms with van der Waals surface area (Å²) in [6.07, 6.45) is -5.95. The zero-order chi connectivity index (χ0) is 12.1. The van der Waals surface area contributed by atoms with Crippen LogP contribution in [0.3, 0.4) is 0 Å². The average Bonchev–Trinajstić information content (AvgIpc) is 2.13. The van der Waals surface area contributed by atoms with E-state index in [1.807, 2.05) is 5.32 Å². The number of carbonyl (C=O) groups is 1. The molecule has 5 nitrogen and oxygen atoms in total. The number of aliphatic hydroxyl groups is 2. The first-order chi connectivity index (χ1) is 6.72. The second-order valence-electron chi connectivity index (χ2n) is 3.19. The van der Waals surface area contributed by atoms with Gasteiger partial charge in [0.2, 0.25) is 0 Å². The summed E-state index contributed by atoms with van der Waals surface area (Å²) in [5.74, 6) is 0. The standard InChI is InChI=1S/C7H12F3NO4/c1-6(2-12,3-13)11-5(14)15-4-7(8,9)10/h12-13H,2-4H2,1H3,(H,11,14). The van der Waals surface area contributed by atoms with E-state index < -0.39 is 37.6 Å². The maximum atomic E-state index is 11.6. The van der Waals surface area contributed by atoms with E-state index in [4.69, 9.17) is 10.2 Å². The van der Waals surface area contributed by atoms with Gasteiger partial charge in [0.1, 0.15) is 0 Å². The van der Waals surface area contributed by atoms with Crippen LogP contribution in [0.25, 0.3) is 0 Å². The van der Waals surface area contributed by atoms with E-state index in [0.717, 1.165) is 0 Å². The molecule has 3 N–H and O–H groups in total. The van der Waals surface area contributed by atoms with Crippen LogP contribution in [0.15, 0.2) is 0 Å². The number of carbonyl (C=O) groups excluding carboxylic acids is 1. The van der Waals surface area contributed by atoms with Crippen molar-refractivity contribution in [3.05, 3.63) is 0 Å². The molecule has 0 radical (unpaired) electrons. The van der Waals surface area contributed by atoms with Gasteiger partial charge >= 0.3 is 12.3 Å². The van der Waals surface area contributed by atoms with Crippen LogP contribution in [-0.4, -0.2) is 47.8 Å². The van der Waals surface area contributed by atoms with Gasteiger partial charge in [0, 0.05) is 0 Å². The van der Waals surface area contributed by atoms with E-state index in [9.17, 15) is 18.0 Å². The summed E-state index contributed by atoms with van der Waals surface area (Å²) >= 11 is 0. The summed E-state index contributed by atoms with van der Waals surface area (Å²) in [6.45, 7) is -1.71. The monoisotopic (exact) mass is 231 g/mol. The summed E-state index contributed by atoms with van der Waals surface area (Å²) in [7, 11) is 0. The maximum absolute atomic E-state index is 11.6. The predicted octanol–water partition coefficient (Wildman–Crippen LogP) is 0.0182. The second kappa shape index (κ2) is 5.17. The van der Waals surface area contributed by atoms with Gasteiger partial charge in [0.05, 0.1) is 18.8 Å². The first-order valence-corrected chi connectivity index (χ1v) is 3.96. The summed E-state index contributed by atoms with van der Waals surface area (Å²) < 4.78 is 38.6. The molecule has 0 aromatic heterocycles. The summed E-state index contributed by atoms with van der Waals surface area (Å²) in [6, 6.07) is 0. The summed E-state index contributed by atoms with van der Waals surface area (Å²) in [4.78, 5) is 10.8. The molecule has 0 aliphatic heterocycles. The molecule has 0 spiro atoms. The highest BCUT2D eigenvalue weighted by Crippen LogP contribution is 2.14. The number of hydrogen-bond donors (Lipinski definition) is 3. The van der Waals surface area contributed by atoms with E-state index in [1.54, 1.807) is 0 Å². The molecule has 0 aromatic carbocycles. The fourth-order valence-electron chi connectivity index (χ4n) is 0.559. The van der Waals surface area contributed by atoms with Gasteiger partial charge in [-0.3, -0.25) is 0 Å². The molecule has 0 bridgehead atoms. The first kappa shape index (κ1) is 14.0. The van der Waals surface area contributed by atoms with E-state index in [1.165, 1.54) is 6.92 Å². The van der Waals surface area contributed by atoms with E-state index >= 15 is 0 Å². The number of amides is 1. The highest BCUT2D eigenvalue weighted by atomic mass is 19.4. The van der Waals surface area contributed by atoms with Crippen molar-refractivity contribution >= 4 is 6.09 Å². The average molecular weight is 231 g/mol. The zero-order valence-electron chi connectivity index (χ0n) is 7.97. The van der Waals surface area contributed by atoms with Gasteiger partial charge in [-0.15, -0.1) is 0 Å². The number of hydrogen-bond acceptors (Lipinski definition) is 4. The number of ether oxygens (including phenoxy) is 1. The Labute approximate surface area is 83.8 Å². The molecule has 15 heavy (non-hydrogen) atoms. The number of alkyl carbamates (subject to hydrolysis) is 1. The Morgan fingerprint density at radius 1 is 1.33 bits per heavy atom. The third-order valence-corrected chi connectivity index (χ3v) is 1.47. The van der Waals surface area contributed by atoms with Gasteiger partial charge in [0.25, 0.3) is 0 Å². The van der Waals surface area contributed by atoms with E-state index in [0.29, 0.717) is 0 Å². The van der Waals surface area contributed by atoms with Crippen LogP contribution in [0.5, 0.6) is 0 Å². The SMILES string of the molecule is CC(CO)(CO)NC(=O)OCC(F)(F)F. The van der Waals surface area contributed by atoms with Crippen LogP contribution in [0.1, 0.15) is 6.92 Å². The van der Waals surface area contributed by atoms with Gasteiger partial charge in [-0.25, -0.2) is 4.79 Å². The van der Waals surface area contributed by atoms with E-state index in [-0.39, 0.29) is 0 Å². The Morgan fingerprint density at radius 2 is 1.80 bits per heavy atom. The molecule has 0 saturated heterocycles. The number of halogens is 3. The Kier molecular flexibility index (Phi) is 4.82. The minimum Gasteiger partial charge on any atom is -0.440 e. The molecule has 0 fully saturated rings. The highest BCUT2D eigenvalue weighted by molar-refractivity contribution is 5.68. The Morgan fingerprint density at radius 3 is 2.13 bits per heavy atom. The molecular formula is C7H12F3NO4. The Balaban J connectivity index is 4.04. The molecule has 0 aromatic rings. The lowest BCUT2D eigenvalue weighted by Gasteiger charge is -2.25. The molecule has 1 amide bonds. The van der Waals surface area contributed by atoms with Crippen LogP contribution in [0.4, 0.5) is 18.0 Å². The minimum absolute atomic E-state index is 0.620. The largest absolute Gasteiger partial charge is 0.440 e. The van der Waals surface area contributed by atoms with Gasteiger partial charge in [0.15, 0.2) is 6.61 Å². The van der Waals surface area contributed by atoms with Crippen LogP contribution in [0.2, 0.25) is 0 Å². The van der Waals surface area contributed by atoms with Crippen molar-refractivity contribution < 1.29 is 32.9 Å². The quantitative estimate of drug-likeness (QED) is 0.637. The van der Waals surface area contributed by atoms with Crippen molar-refractivity contribution in [2.45, 2.75) is 18.6 Å². The van der Waals surface area contributed by atoms with Gasteiger partial charge in [-0.2, -0.15) is 13.2 Å². The normalized spacial score (nSPS) is 12.4. The third kappa shape index (κ3) is 6.13. The summed E-state index contributed by atoms with van der Waals surface area (Å²) in [5.41, 5.74) is -1.40. The maximum Gasteiger partial charge on any atom is 0.422 e. The van der Waals surface area contributed by atoms with Crippen LogP contribution < -0.4 is 5.32 Å². The fourth-order valence-corrected chi connectivity index (χ4v) is 0.559. The summed E-state index contributed by atoms with van der Waals surface area (Å²) in [5, 5.41) is 19.3. The zero-order valence-corrected chi connectivity index (χ0v) is 7.97. The number of rotatable bonds is 4. The predicted molar refractivity (Wildman–Crippen MR) is 43.1 cm³/mol. The third-order valence-electron chi connectivity index (χ3n) is 1.47.